The Balaban J connectivity index is 1.53. The first-order chi connectivity index (χ1) is 21.2. The average molecular weight is 611 g/mol. The Kier molecular flexibility index (Phi) is 16.4. The molecule has 10 heteroatoms. The van der Waals surface area contributed by atoms with Gasteiger partial charge < -0.3 is 10.2 Å². The molecule has 0 aromatic heterocycles. The highest BCUT2D eigenvalue weighted by Gasteiger charge is 2.16. The van der Waals surface area contributed by atoms with Crippen LogP contribution in [0.4, 0.5) is 0 Å². The normalized spacial score (nSPS) is 11.4. The molecule has 2 aromatic carbocycles. The SMILES string of the molecule is CCCCc1ccc(C(=O)NNC(=O)CCCCCCCCC(C)C(=O)NNC(=O)c2ccc(CCCC)cc2O)c(O)c1. The standard InChI is InChI=1S/C34H50N4O6/c1-4-6-15-25-18-20-27(29(39)22-25)33(43)37-35-31(41)17-13-11-9-8-10-12-14-24(3)32(42)36-38-34(44)28-21-19-26(16-7-5-2)23-30(28)40/h18-24,39-40H,4-17H2,1-3H3,(H,35,41)(H,36,42)(H,37,43)(H,38,44). The lowest BCUT2D eigenvalue weighted by molar-refractivity contribution is -0.125. The molecule has 2 rings (SSSR count). The van der Waals surface area contributed by atoms with Gasteiger partial charge in [0.15, 0.2) is 0 Å². The predicted octanol–water partition coefficient (Wildman–Crippen LogP) is 5.76. The van der Waals surface area contributed by atoms with Crippen LogP contribution in [-0.2, 0) is 22.4 Å². The molecular formula is C34H50N4O6. The van der Waals surface area contributed by atoms with E-state index in [1.165, 1.54) is 0 Å². The zero-order chi connectivity index (χ0) is 32.3. The van der Waals surface area contributed by atoms with Crippen molar-refractivity contribution in [3.63, 3.8) is 0 Å². The zero-order valence-corrected chi connectivity index (χ0v) is 26.5. The maximum Gasteiger partial charge on any atom is 0.273 e. The summed E-state index contributed by atoms with van der Waals surface area (Å²) in [5.41, 5.74) is 11.8. The van der Waals surface area contributed by atoms with Crippen LogP contribution in [-0.4, -0.2) is 33.8 Å². The Hall–Kier alpha value is -4.08. The molecule has 0 fully saturated rings. The van der Waals surface area contributed by atoms with E-state index in [0.717, 1.165) is 81.8 Å². The molecule has 1 unspecified atom stereocenters. The Morgan fingerprint density at radius 2 is 1.11 bits per heavy atom. The molecule has 4 amide bonds. The second-order valence-electron chi connectivity index (χ2n) is 11.4. The van der Waals surface area contributed by atoms with Crippen LogP contribution in [0.2, 0.25) is 0 Å². The maximum atomic E-state index is 12.4. The molecule has 1 atom stereocenters. The van der Waals surface area contributed by atoms with Crippen LogP contribution in [0.1, 0.15) is 130 Å². The first-order valence-corrected chi connectivity index (χ1v) is 16.0. The molecule has 0 aliphatic heterocycles. The van der Waals surface area contributed by atoms with Gasteiger partial charge in [0.2, 0.25) is 11.8 Å². The van der Waals surface area contributed by atoms with Gasteiger partial charge in [-0.25, -0.2) is 0 Å². The highest BCUT2D eigenvalue weighted by atomic mass is 16.3. The van der Waals surface area contributed by atoms with Crippen molar-refractivity contribution in [2.75, 3.05) is 0 Å². The van der Waals surface area contributed by atoms with E-state index in [4.69, 9.17) is 0 Å². The Morgan fingerprint density at radius 1 is 0.636 bits per heavy atom. The van der Waals surface area contributed by atoms with E-state index in [0.29, 0.717) is 12.8 Å². The fourth-order valence-electron chi connectivity index (χ4n) is 4.75. The molecule has 0 bridgehead atoms. The number of hydrogen-bond acceptors (Lipinski definition) is 6. The second kappa shape index (κ2) is 20.0. The molecule has 6 N–H and O–H groups in total. The van der Waals surface area contributed by atoms with E-state index in [2.05, 4.69) is 35.6 Å². The summed E-state index contributed by atoms with van der Waals surface area (Å²) in [7, 11) is 0. The van der Waals surface area contributed by atoms with Crippen molar-refractivity contribution < 1.29 is 29.4 Å². The molecular weight excluding hydrogens is 560 g/mol. The third-order valence-electron chi connectivity index (χ3n) is 7.60. The molecule has 0 aliphatic rings. The number of hydrogen-bond donors (Lipinski definition) is 6. The maximum absolute atomic E-state index is 12.4. The van der Waals surface area contributed by atoms with E-state index in [1.807, 2.05) is 19.1 Å². The molecule has 0 saturated heterocycles. The van der Waals surface area contributed by atoms with Gasteiger partial charge >= 0.3 is 0 Å². The van der Waals surface area contributed by atoms with Gasteiger partial charge in [0.25, 0.3) is 11.8 Å². The van der Waals surface area contributed by atoms with Crippen LogP contribution in [0.25, 0.3) is 0 Å². The van der Waals surface area contributed by atoms with Gasteiger partial charge in [-0.3, -0.25) is 40.9 Å². The summed E-state index contributed by atoms with van der Waals surface area (Å²) in [5.74, 6) is -2.18. The van der Waals surface area contributed by atoms with Crippen molar-refractivity contribution in [2.24, 2.45) is 5.92 Å². The number of unbranched alkanes of at least 4 members (excludes halogenated alkanes) is 7. The summed E-state index contributed by atoms with van der Waals surface area (Å²) in [5, 5.41) is 20.3. The minimum Gasteiger partial charge on any atom is -0.507 e. The number of carbonyl (C=O) groups excluding carboxylic acids is 4. The molecule has 242 valence electrons. The third kappa shape index (κ3) is 13.1. The van der Waals surface area contributed by atoms with Gasteiger partial charge in [-0.05, 0) is 73.9 Å². The number of aromatic hydroxyl groups is 2. The minimum atomic E-state index is -0.562. The number of carbonyl (C=O) groups is 4. The largest absolute Gasteiger partial charge is 0.507 e. The summed E-state index contributed by atoms with van der Waals surface area (Å²) in [6.07, 6.45) is 12.0. The van der Waals surface area contributed by atoms with Crippen molar-refractivity contribution >= 4 is 23.6 Å². The third-order valence-corrected chi connectivity index (χ3v) is 7.60. The van der Waals surface area contributed by atoms with E-state index >= 15 is 0 Å². The number of phenolic OH excluding ortho intramolecular Hbond substituents is 2. The van der Waals surface area contributed by atoms with Crippen molar-refractivity contribution in [2.45, 2.75) is 111 Å². The van der Waals surface area contributed by atoms with Crippen LogP contribution in [0.15, 0.2) is 36.4 Å². The summed E-state index contributed by atoms with van der Waals surface area (Å²) < 4.78 is 0. The van der Waals surface area contributed by atoms with Crippen LogP contribution in [0.5, 0.6) is 11.5 Å². The number of benzene rings is 2. The molecule has 2 aromatic rings. The topological polar surface area (TPSA) is 157 Å². The van der Waals surface area contributed by atoms with Gasteiger partial charge in [0.05, 0.1) is 11.1 Å². The first kappa shape index (κ1) is 36.1. The summed E-state index contributed by atoms with van der Waals surface area (Å²) in [6.45, 7) is 5.99. The lowest BCUT2D eigenvalue weighted by Gasteiger charge is -2.13. The number of amides is 4. The van der Waals surface area contributed by atoms with Crippen LogP contribution >= 0.6 is 0 Å². The Bertz CT molecular complexity index is 1230. The van der Waals surface area contributed by atoms with E-state index < -0.39 is 11.8 Å². The van der Waals surface area contributed by atoms with Gasteiger partial charge in [-0.1, -0.05) is 77.8 Å². The van der Waals surface area contributed by atoms with Gasteiger partial charge in [-0.15, -0.1) is 0 Å². The minimum absolute atomic E-state index is 0.104. The molecule has 0 aliphatic carbocycles. The fraction of sp³-hybridized carbons (Fsp3) is 0.529. The van der Waals surface area contributed by atoms with Crippen molar-refractivity contribution in [3.05, 3.63) is 58.7 Å². The smallest absolute Gasteiger partial charge is 0.273 e. The molecule has 0 saturated carbocycles. The molecule has 44 heavy (non-hydrogen) atoms. The highest BCUT2D eigenvalue weighted by Crippen LogP contribution is 2.21. The molecule has 0 radical (unpaired) electrons. The zero-order valence-electron chi connectivity index (χ0n) is 26.5. The van der Waals surface area contributed by atoms with Crippen molar-refractivity contribution in [1.82, 2.24) is 21.7 Å². The van der Waals surface area contributed by atoms with Crippen LogP contribution in [0.3, 0.4) is 0 Å². The fourth-order valence-corrected chi connectivity index (χ4v) is 4.75. The number of phenols is 2. The molecule has 0 heterocycles. The number of aryl methyl sites for hydroxylation is 2. The number of nitrogens with one attached hydrogen (secondary N) is 4. The highest BCUT2D eigenvalue weighted by molar-refractivity contribution is 5.98. The number of rotatable bonds is 18. The lowest BCUT2D eigenvalue weighted by atomic mass is 10.0. The second-order valence-corrected chi connectivity index (χ2v) is 11.4. The van der Waals surface area contributed by atoms with Crippen LogP contribution in [0, 0.1) is 5.92 Å². The summed E-state index contributed by atoms with van der Waals surface area (Å²) >= 11 is 0. The van der Waals surface area contributed by atoms with Crippen LogP contribution < -0.4 is 21.7 Å². The number of hydrazine groups is 2. The van der Waals surface area contributed by atoms with Gasteiger partial charge in [0, 0.05) is 12.3 Å². The average Bonchev–Trinajstić information content (AvgIpc) is 3.01. The first-order valence-electron chi connectivity index (χ1n) is 16.0. The monoisotopic (exact) mass is 610 g/mol. The lowest BCUT2D eigenvalue weighted by Crippen LogP contribution is -2.44. The van der Waals surface area contributed by atoms with Crippen molar-refractivity contribution in [1.29, 1.82) is 0 Å². The Labute approximate surface area is 261 Å². The summed E-state index contributed by atoms with van der Waals surface area (Å²) in [4.78, 5) is 49.1. The van der Waals surface area contributed by atoms with E-state index in [-0.39, 0.29) is 46.8 Å². The van der Waals surface area contributed by atoms with Crippen molar-refractivity contribution in [3.8, 4) is 11.5 Å². The van der Waals surface area contributed by atoms with Gasteiger partial charge in [0.1, 0.15) is 11.5 Å². The summed E-state index contributed by atoms with van der Waals surface area (Å²) in [6, 6.07) is 9.93. The van der Waals surface area contributed by atoms with E-state index in [1.54, 1.807) is 24.3 Å². The molecule has 0 spiro atoms. The Morgan fingerprint density at radius 3 is 1.61 bits per heavy atom. The van der Waals surface area contributed by atoms with E-state index in [9.17, 15) is 29.4 Å². The van der Waals surface area contributed by atoms with Gasteiger partial charge in [-0.2, -0.15) is 0 Å². The predicted molar refractivity (Wildman–Crippen MR) is 171 cm³/mol. The quantitative estimate of drug-likeness (QED) is 0.0930. The molecule has 10 nitrogen and oxygen atoms in total.